The van der Waals surface area contributed by atoms with Crippen LogP contribution in [0.25, 0.3) is 0 Å². The molecule has 0 amide bonds. The molecule has 0 aliphatic carbocycles. The summed E-state index contributed by atoms with van der Waals surface area (Å²) in [5.41, 5.74) is 1.07. The number of hydrogen-bond donors (Lipinski definition) is 0. The summed E-state index contributed by atoms with van der Waals surface area (Å²) in [7, 11) is 0. The number of rotatable bonds is 5. The third-order valence-electron chi connectivity index (χ3n) is 2.67. The second-order valence-electron chi connectivity index (χ2n) is 4.10. The van der Waals surface area contributed by atoms with Crippen molar-refractivity contribution >= 4 is 40.9 Å². The van der Waals surface area contributed by atoms with Gasteiger partial charge in [-0.25, -0.2) is 0 Å². The number of nitrogens with zero attached hydrogens (tertiary/aromatic N) is 4. The standard InChI is InChI=1S/C14H11ClN4S2/c15-13-6-2-1-4-11(13)9-21-14-18-16-10-19(14)17-8-12-5-3-7-20-12/h1-8,10H,9H2/b17-8-. The van der Waals surface area contributed by atoms with E-state index in [9.17, 15) is 0 Å². The van der Waals surface area contributed by atoms with Gasteiger partial charge in [0.25, 0.3) is 0 Å². The maximum absolute atomic E-state index is 6.15. The van der Waals surface area contributed by atoms with Crippen LogP contribution >= 0.6 is 34.7 Å². The zero-order valence-corrected chi connectivity index (χ0v) is 13.3. The van der Waals surface area contributed by atoms with E-state index < -0.39 is 0 Å². The first-order valence-electron chi connectivity index (χ1n) is 6.17. The highest BCUT2D eigenvalue weighted by molar-refractivity contribution is 7.98. The fourth-order valence-electron chi connectivity index (χ4n) is 1.64. The molecule has 2 heterocycles. The lowest BCUT2D eigenvalue weighted by Gasteiger charge is -2.03. The quantitative estimate of drug-likeness (QED) is 0.519. The molecule has 0 bridgehead atoms. The second kappa shape index (κ2) is 6.89. The van der Waals surface area contributed by atoms with Crippen LogP contribution in [0.1, 0.15) is 10.4 Å². The van der Waals surface area contributed by atoms with Crippen molar-refractivity contribution in [3.63, 3.8) is 0 Å². The summed E-state index contributed by atoms with van der Waals surface area (Å²) >= 11 is 9.34. The van der Waals surface area contributed by atoms with Crippen LogP contribution in [-0.2, 0) is 5.75 Å². The predicted molar refractivity (Wildman–Crippen MR) is 88.3 cm³/mol. The Balaban J connectivity index is 1.70. The average Bonchev–Trinajstić information content (AvgIpc) is 3.16. The minimum Gasteiger partial charge on any atom is -0.195 e. The Morgan fingerprint density at radius 3 is 3.00 bits per heavy atom. The van der Waals surface area contributed by atoms with E-state index in [1.807, 2.05) is 41.8 Å². The van der Waals surface area contributed by atoms with Crippen molar-refractivity contribution in [3.8, 4) is 0 Å². The molecule has 0 saturated carbocycles. The summed E-state index contributed by atoms with van der Waals surface area (Å²) in [6.07, 6.45) is 3.40. The number of thiophene rings is 1. The van der Waals surface area contributed by atoms with E-state index in [0.717, 1.165) is 26.4 Å². The van der Waals surface area contributed by atoms with E-state index >= 15 is 0 Å². The van der Waals surface area contributed by atoms with Gasteiger partial charge in [0, 0.05) is 15.7 Å². The van der Waals surface area contributed by atoms with Gasteiger partial charge in [-0.05, 0) is 23.1 Å². The van der Waals surface area contributed by atoms with Gasteiger partial charge in [0.1, 0.15) is 6.33 Å². The van der Waals surface area contributed by atoms with Crippen LogP contribution in [0.5, 0.6) is 0 Å². The molecule has 106 valence electrons. The molecule has 0 aliphatic heterocycles. The first-order valence-corrected chi connectivity index (χ1v) is 8.41. The zero-order chi connectivity index (χ0) is 14.5. The molecule has 0 spiro atoms. The van der Waals surface area contributed by atoms with Gasteiger partial charge in [0.2, 0.25) is 5.16 Å². The summed E-state index contributed by atoms with van der Waals surface area (Å²) in [6.45, 7) is 0. The molecule has 2 aromatic heterocycles. The molecule has 7 heteroatoms. The molecule has 1 aromatic carbocycles. The van der Waals surface area contributed by atoms with Gasteiger partial charge in [-0.1, -0.05) is 47.6 Å². The Kier molecular flexibility index (Phi) is 4.69. The number of aromatic nitrogens is 3. The topological polar surface area (TPSA) is 43.1 Å². The first kappa shape index (κ1) is 14.3. The van der Waals surface area contributed by atoms with E-state index in [1.54, 1.807) is 40.3 Å². The minimum atomic E-state index is 0.729. The molecule has 0 unspecified atom stereocenters. The van der Waals surface area contributed by atoms with Crippen LogP contribution in [0, 0.1) is 0 Å². The molecule has 0 aliphatic rings. The van der Waals surface area contributed by atoms with Crippen molar-refractivity contribution in [1.29, 1.82) is 0 Å². The Bertz CT molecular complexity index is 737. The van der Waals surface area contributed by atoms with Crippen molar-refractivity contribution in [2.45, 2.75) is 10.9 Å². The van der Waals surface area contributed by atoms with Gasteiger partial charge >= 0.3 is 0 Å². The second-order valence-corrected chi connectivity index (χ2v) is 6.43. The SMILES string of the molecule is Clc1ccccc1CSc1nncn1/N=C\c1cccs1. The molecule has 0 radical (unpaired) electrons. The Morgan fingerprint density at radius 2 is 2.19 bits per heavy atom. The molecular weight excluding hydrogens is 324 g/mol. The maximum atomic E-state index is 6.15. The summed E-state index contributed by atoms with van der Waals surface area (Å²) in [5.74, 6) is 0.729. The van der Waals surface area contributed by atoms with E-state index in [1.165, 1.54) is 0 Å². The van der Waals surface area contributed by atoms with Crippen molar-refractivity contribution in [1.82, 2.24) is 14.9 Å². The smallest absolute Gasteiger partial charge is 0.195 e. The molecule has 3 rings (SSSR count). The van der Waals surface area contributed by atoms with Gasteiger partial charge < -0.3 is 0 Å². The summed E-state index contributed by atoms with van der Waals surface area (Å²) in [6, 6.07) is 11.8. The van der Waals surface area contributed by atoms with Gasteiger partial charge in [-0.2, -0.15) is 9.78 Å². The fraction of sp³-hybridized carbons (Fsp3) is 0.0714. The third-order valence-corrected chi connectivity index (χ3v) is 4.83. The lowest BCUT2D eigenvalue weighted by molar-refractivity contribution is 0.767. The molecule has 0 atom stereocenters. The highest BCUT2D eigenvalue weighted by atomic mass is 35.5. The van der Waals surface area contributed by atoms with Crippen molar-refractivity contribution in [3.05, 3.63) is 63.6 Å². The Hall–Kier alpha value is -1.63. The van der Waals surface area contributed by atoms with Crippen LogP contribution < -0.4 is 0 Å². The normalized spacial score (nSPS) is 11.3. The first-order chi connectivity index (χ1) is 10.3. The van der Waals surface area contributed by atoms with E-state index in [0.29, 0.717) is 0 Å². The van der Waals surface area contributed by atoms with Gasteiger partial charge in [0.05, 0.1) is 6.21 Å². The summed E-state index contributed by atoms with van der Waals surface area (Å²) in [4.78, 5) is 1.09. The van der Waals surface area contributed by atoms with E-state index in [4.69, 9.17) is 11.6 Å². The molecular formula is C14H11ClN4S2. The van der Waals surface area contributed by atoms with Crippen LogP contribution in [0.3, 0.4) is 0 Å². The van der Waals surface area contributed by atoms with Crippen molar-refractivity contribution in [2.24, 2.45) is 5.10 Å². The zero-order valence-electron chi connectivity index (χ0n) is 10.9. The Morgan fingerprint density at radius 1 is 1.29 bits per heavy atom. The van der Waals surface area contributed by atoms with Gasteiger partial charge in [-0.3, -0.25) is 0 Å². The molecule has 3 aromatic rings. The summed E-state index contributed by atoms with van der Waals surface area (Å²) < 4.78 is 1.67. The molecule has 21 heavy (non-hydrogen) atoms. The summed E-state index contributed by atoms with van der Waals surface area (Å²) in [5, 5.41) is 15.9. The minimum absolute atomic E-state index is 0.729. The van der Waals surface area contributed by atoms with Crippen LogP contribution in [-0.4, -0.2) is 21.1 Å². The molecule has 4 nitrogen and oxygen atoms in total. The maximum Gasteiger partial charge on any atom is 0.212 e. The lowest BCUT2D eigenvalue weighted by Crippen LogP contribution is -1.92. The largest absolute Gasteiger partial charge is 0.212 e. The fourth-order valence-corrected chi connectivity index (χ4v) is 3.36. The van der Waals surface area contributed by atoms with Crippen molar-refractivity contribution in [2.75, 3.05) is 0 Å². The molecule has 0 fully saturated rings. The van der Waals surface area contributed by atoms with Gasteiger partial charge in [0.15, 0.2) is 0 Å². The van der Waals surface area contributed by atoms with Crippen molar-refractivity contribution < 1.29 is 0 Å². The number of benzene rings is 1. The van der Waals surface area contributed by atoms with Gasteiger partial charge in [-0.15, -0.1) is 21.5 Å². The van der Waals surface area contributed by atoms with E-state index in [-0.39, 0.29) is 0 Å². The Labute approximate surface area is 135 Å². The molecule has 0 N–H and O–H groups in total. The predicted octanol–water partition coefficient (Wildman–Crippen LogP) is 4.17. The molecule has 0 saturated heterocycles. The number of halogens is 1. The third kappa shape index (κ3) is 3.72. The lowest BCUT2D eigenvalue weighted by atomic mass is 10.2. The highest BCUT2D eigenvalue weighted by Crippen LogP contribution is 2.25. The van der Waals surface area contributed by atoms with Crippen LogP contribution in [0.15, 0.2) is 58.4 Å². The van der Waals surface area contributed by atoms with Crippen LogP contribution in [0.4, 0.5) is 0 Å². The number of hydrogen-bond acceptors (Lipinski definition) is 5. The van der Waals surface area contributed by atoms with Crippen LogP contribution in [0.2, 0.25) is 5.02 Å². The van der Waals surface area contributed by atoms with E-state index in [2.05, 4.69) is 15.3 Å². The average molecular weight is 335 g/mol. The number of thioether (sulfide) groups is 1. The highest BCUT2D eigenvalue weighted by Gasteiger charge is 2.06. The monoisotopic (exact) mass is 334 g/mol.